The summed E-state index contributed by atoms with van der Waals surface area (Å²) >= 11 is 1.44. The van der Waals surface area contributed by atoms with E-state index in [2.05, 4.69) is 10.1 Å². The number of aryl methyl sites for hydroxylation is 2. The Bertz CT molecular complexity index is 822. The van der Waals surface area contributed by atoms with Gasteiger partial charge in [-0.2, -0.15) is 5.10 Å². The highest BCUT2D eigenvalue weighted by molar-refractivity contribution is 7.15. The van der Waals surface area contributed by atoms with Crippen LogP contribution in [0.25, 0.3) is 21.7 Å². The molecule has 108 valence electrons. The zero-order chi connectivity index (χ0) is 15.1. The summed E-state index contributed by atoms with van der Waals surface area (Å²) in [5.41, 5.74) is 7.24. The third kappa shape index (κ3) is 2.29. The van der Waals surface area contributed by atoms with Gasteiger partial charge in [0, 0.05) is 24.9 Å². The molecular formula is C14H12F2N4S. The molecule has 0 amide bonds. The monoisotopic (exact) mass is 306 g/mol. The van der Waals surface area contributed by atoms with Crippen molar-refractivity contribution in [3.63, 3.8) is 0 Å². The van der Waals surface area contributed by atoms with Crippen LogP contribution in [0.15, 0.2) is 24.4 Å². The van der Waals surface area contributed by atoms with Gasteiger partial charge in [0.15, 0.2) is 0 Å². The number of rotatable bonds is 2. The van der Waals surface area contributed by atoms with E-state index in [1.54, 1.807) is 13.2 Å². The maximum absolute atomic E-state index is 14.1. The smallest absolute Gasteiger partial charge is 0.134 e. The molecule has 0 aliphatic heterocycles. The Balaban J connectivity index is 2.26. The Morgan fingerprint density at radius 2 is 2.05 bits per heavy atom. The molecular weight excluding hydrogens is 294 g/mol. The van der Waals surface area contributed by atoms with Gasteiger partial charge in [-0.1, -0.05) is 0 Å². The molecule has 0 unspecified atom stereocenters. The Morgan fingerprint density at radius 3 is 2.67 bits per heavy atom. The molecule has 2 aromatic heterocycles. The molecule has 7 heteroatoms. The number of nitrogens with zero attached hydrogens (tertiary/aromatic N) is 3. The number of benzene rings is 1. The Labute approximate surface area is 123 Å². The van der Waals surface area contributed by atoms with E-state index in [9.17, 15) is 8.78 Å². The molecule has 2 N–H and O–H groups in total. The molecule has 0 bridgehead atoms. The van der Waals surface area contributed by atoms with Gasteiger partial charge in [-0.05, 0) is 19.1 Å². The van der Waals surface area contributed by atoms with Gasteiger partial charge in [-0.15, -0.1) is 11.3 Å². The van der Waals surface area contributed by atoms with E-state index in [0.717, 1.165) is 16.0 Å². The summed E-state index contributed by atoms with van der Waals surface area (Å²) < 4.78 is 28.7. The van der Waals surface area contributed by atoms with Crippen LogP contribution < -0.4 is 5.73 Å². The zero-order valence-electron chi connectivity index (χ0n) is 11.4. The lowest BCUT2D eigenvalue weighted by Crippen LogP contribution is -1.98. The minimum Gasteiger partial charge on any atom is -0.383 e. The van der Waals surface area contributed by atoms with Gasteiger partial charge in [0.05, 0.1) is 15.4 Å². The van der Waals surface area contributed by atoms with Crippen LogP contribution in [0.1, 0.15) is 5.01 Å². The lowest BCUT2D eigenvalue weighted by atomic mass is 10.0. The molecule has 0 saturated heterocycles. The summed E-state index contributed by atoms with van der Waals surface area (Å²) in [4.78, 5) is 4.97. The molecule has 0 aliphatic carbocycles. The van der Waals surface area contributed by atoms with Crippen molar-refractivity contribution in [1.29, 1.82) is 0 Å². The van der Waals surface area contributed by atoms with Gasteiger partial charge < -0.3 is 5.73 Å². The van der Waals surface area contributed by atoms with Gasteiger partial charge in [-0.3, -0.25) is 4.68 Å². The summed E-state index contributed by atoms with van der Waals surface area (Å²) in [5, 5.41) is 5.21. The minimum absolute atomic E-state index is 0.225. The molecule has 2 heterocycles. The van der Waals surface area contributed by atoms with Crippen LogP contribution in [-0.2, 0) is 7.05 Å². The third-order valence-corrected chi connectivity index (χ3v) is 4.07. The van der Waals surface area contributed by atoms with Crippen LogP contribution in [-0.4, -0.2) is 14.8 Å². The van der Waals surface area contributed by atoms with Crippen LogP contribution in [0, 0.1) is 18.6 Å². The van der Waals surface area contributed by atoms with E-state index in [1.165, 1.54) is 28.2 Å². The second kappa shape index (κ2) is 4.92. The first-order valence-corrected chi connectivity index (χ1v) is 6.99. The van der Waals surface area contributed by atoms with Crippen molar-refractivity contribution in [3.8, 4) is 21.7 Å². The number of hydrogen-bond acceptors (Lipinski definition) is 4. The van der Waals surface area contributed by atoms with Crippen molar-refractivity contribution < 1.29 is 8.78 Å². The molecule has 0 spiro atoms. The van der Waals surface area contributed by atoms with Crippen LogP contribution in [0.3, 0.4) is 0 Å². The highest BCUT2D eigenvalue weighted by atomic mass is 32.1. The fourth-order valence-electron chi connectivity index (χ4n) is 2.14. The fourth-order valence-corrected chi connectivity index (χ4v) is 2.91. The number of aromatic nitrogens is 3. The van der Waals surface area contributed by atoms with Crippen LogP contribution in [0.5, 0.6) is 0 Å². The Kier molecular flexibility index (Phi) is 3.21. The number of anilines is 1. The number of halogens is 2. The predicted molar refractivity (Wildman–Crippen MR) is 78.8 cm³/mol. The summed E-state index contributed by atoms with van der Waals surface area (Å²) in [7, 11) is 1.68. The number of nitrogen functional groups attached to an aromatic ring is 1. The van der Waals surface area contributed by atoms with Crippen molar-refractivity contribution >= 4 is 17.2 Å². The summed E-state index contributed by atoms with van der Waals surface area (Å²) in [5.74, 6) is -0.979. The standard InChI is InChI=1S/C14H12F2N4S/c1-7-18-6-11(21-7)13-12(14(17)20(2)19-13)9-4-3-8(15)5-10(9)16/h3-6H,17H2,1-2H3. The van der Waals surface area contributed by atoms with Crippen molar-refractivity contribution in [1.82, 2.24) is 14.8 Å². The first-order valence-electron chi connectivity index (χ1n) is 6.18. The topological polar surface area (TPSA) is 56.7 Å². The second-order valence-corrected chi connectivity index (χ2v) is 5.83. The molecule has 0 radical (unpaired) electrons. The highest BCUT2D eigenvalue weighted by Gasteiger charge is 2.21. The quantitative estimate of drug-likeness (QED) is 0.789. The molecule has 0 atom stereocenters. The lowest BCUT2D eigenvalue weighted by molar-refractivity contribution is 0.585. The normalized spacial score (nSPS) is 11.0. The zero-order valence-corrected chi connectivity index (χ0v) is 12.2. The van der Waals surface area contributed by atoms with E-state index >= 15 is 0 Å². The summed E-state index contributed by atoms with van der Waals surface area (Å²) in [6, 6.07) is 3.41. The van der Waals surface area contributed by atoms with Crippen molar-refractivity contribution in [2.75, 3.05) is 5.73 Å². The Hall–Kier alpha value is -2.28. The average Bonchev–Trinajstić information content (AvgIpc) is 2.96. The van der Waals surface area contributed by atoms with Gasteiger partial charge in [-0.25, -0.2) is 13.8 Å². The molecule has 3 rings (SSSR count). The minimum atomic E-state index is -0.669. The second-order valence-electron chi connectivity index (χ2n) is 4.60. The SMILES string of the molecule is Cc1ncc(-c2nn(C)c(N)c2-c2ccc(F)cc2F)s1. The first kappa shape index (κ1) is 13.7. The molecule has 4 nitrogen and oxygen atoms in total. The van der Waals surface area contributed by atoms with E-state index in [4.69, 9.17) is 5.73 Å². The maximum Gasteiger partial charge on any atom is 0.134 e. The Morgan fingerprint density at radius 1 is 1.29 bits per heavy atom. The summed E-state index contributed by atoms with van der Waals surface area (Å²) in [6.07, 6.45) is 1.67. The number of thiazole rings is 1. The summed E-state index contributed by atoms with van der Waals surface area (Å²) in [6.45, 7) is 1.87. The fraction of sp³-hybridized carbons (Fsp3) is 0.143. The third-order valence-electron chi connectivity index (χ3n) is 3.15. The van der Waals surface area contributed by atoms with Crippen LogP contribution >= 0.6 is 11.3 Å². The average molecular weight is 306 g/mol. The number of hydrogen-bond donors (Lipinski definition) is 1. The molecule has 0 aliphatic rings. The van der Waals surface area contributed by atoms with E-state index in [1.807, 2.05) is 6.92 Å². The maximum atomic E-state index is 14.1. The number of nitrogens with two attached hydrogens (primary N) is 1. The highest BCUT2D eigenvalue weighted by Crippen LogP contribution is 2.39. The predicted octanol–water partition coefficient (Wildman–Crippen LogP) is 3.38. The van der Waals surface area contributed by atoms with E-state index in [0.29, 0.717) is 17.1 Å². The van der Waals surface area contributed by atoms with Crippen LogP contribution in [0.2, 0.25) is 0 Å². The molecule has 0 saturated carbocycles. The van der Waals surface area contributed by atoms with Crippen LogP contribution in [0.4, 0.5) is 14.6 Å². The van der Waals surface area contributed by atoms with Gasteiger partial charge in [0.1, 0.15) is 23.1 Å². The van der Waals surface area contributed by atoms with Crippen molar-refractivity contribution in [3.05, 3.63) is 41.0 Å². The largest absolute Gasteiger partial charge is 0.383 e. The lowest BCUT2D eigenvalue weighted by Gasteiger charge is -2.04. The van der Waals surface area contributed by atoms with E-state index < -0.39 is 11.6 Å². The van der Waals surface area contributed by atoms with Gasteiger partial charge in [0.2, 0.25) is 0 Å². The van der Waals surface area contributed by atoms with Gasteiger partial charge in [0.25, 0.3) is 0 Å². The molecule has 3 aromatic rings. The van der Waals surface area contributed by atoms with Gasteiger partial charge >= 0.3 is 0 Å². The van der Waals surface area contributed by atoms with E-state index in [-0.39, 0.29) is 5.56 Å². The first-order chi connectivity index (χ1) is 9.97. The van der Waals surface area contributed by atoms with Crippen molar-refractivity contribution in [2.24, 2.45) is 7.05 Å². The molecule has 0 fully saturated rings. The molecule has 21 heavy (non-hydrogen) atoms. The molecule has 1 aromatic carbocycles. The van der Waals surface area contributed by atoms with Crippen molar-refractivity contribution in [2.45, 2.75) is 6.92 Å².